The fourth-order valence-corrected chi connectivity index (χ4v) is 3.38. The first-order valence-corrected chi connectivity index (χ1v) is 9.86. The van der Waals surface area contributed by atoms with Crippen molar-refractivity contribution in [3.63, 3.8) is 0 Å². The van der Waals surface area contributed by atoms with Crippen LogP contribution in [0, 0.1) is 0 Å². The van der Waals surface area contributed by atoms with E-state index in [2.05, 4.69) is 68.4 Å². The second-order valence-electron chi connectivity index (χ2n) is 4.93. The quantitative estimate of drug-likeness (QED) is 0.434. The van der Waals surface area contributed by atoms with Gasteiger partial charge in [-0.1, -0.05) is 29.3 Å². The molecule has 25 heavy (non-hydrogen) atoms. The highest BCUT2D eigenvalue weighted by Crippen LogP contribution is 2.27. The van der Waals surface area contributed by atoms with Gasteiger partial charge in [-0.25, -0.2) is 0 Å². The number of aromatic amines is 1. The van der Waals surface area contributed by atoms with Crippen LogP contribution in [0.5, 0.6) is 0 Å². The van der Waals surface area contributed by atoms with E-state index in [9.17, 15) is 4.79 Å². The lowest BCUT2D eigenvalue weighted by Crippen LogP contribution is -2.14. The van der Waals surface area contributed by atoms with E-state index in [0.717, 1.165) is 5.56 Å². The molecule has 0 radical (unpaired) electrons. The Labute approximate surface area is 177 Å². The van der Waals surface area contributed by atoms with Crippen LogP contribution in [-0.4, -0.2) is 25.9 Å². The number of nitrogens with zero attached hydrogens (tertiary/aromatic N) is 3. The number of carbonyl (C=O) groups is 1. The standard InChI is InChI=1S/C14H8Br3Cl2N5O/c15-7-5-24(4-6-1-2-8(18)9(19)3-6)23-13(7)20-14(25)11-10(16)12(17)22-21-11/h1-3,5H,4H2,(H,21,22)(H,20,23,25). The number of halogens is 5. The number of anilines is 1. The number of hydrogen-bond acceptors (Lipinski definition) is 3. The van der Waals surface area contributed by atoms with Crippen LogP contribution in [0.1, 0.15) is 16.1 Å². The van der Waals surface area contributed by atoms with Gasteiger partial charge in [0.15, 0.2) is 11.5 Å². The lowest BCUT2D eigenvalue weighted by atomic mass is 10.2. The number of hydrogen-bond donors (Lipinski definition) is 2. The van der Waals surface area contributed by atoms with Crippen LogP contribution in [0.3, 0.4) is 0 Å². The van der Waals surface area contributed by atoms with Gasteiger partial charge in [0.05, 0.1) is 25.5 Å². The molecule has 1 aromatic carbocycles. The van der Waals surface area contributed by atoms with Crippen molar-refractivity contribution in [2.75, 3.05) is 5.32 Å². The maximum Gasteiger partial charge on any atom is 0.278 e. The highest BCUT2D eigenvalue weighted by Gasteiger charge is 2.19. The van der Waals surface area contributed by atoms with Gasteiger partial charge < -0.3 is 5.32 Å². The number of amides is 1. The number of nitrogens with one attached hydrogen (secondary N) is 2. The van der Waals surface area contributed by atoms with Crippen molar-refractivity contribution in [1.82, 2.24) is 20.0 Å². The fourth-order valence-electron chi connectivity index (χ4n) is 2.01. The summed E-state index contributed by atoms with van der Waals surface area (Å²) in [4.78, 5) is 12.3. The second-order valence-corrected chi connectivity index (χ2v) is 8.18. The van der Waals surface area contributed by atoms with Crippen LogP contribution in [-0.2, 0) is 6.54 Å². The first-order valence-electron chi connectivity index (χ1n) is 6.72. The molecule has 0 aliphatic heterocycles. The molecular weight excluding hydrogens is 565 g/mol. The highest BCUT2D eigenvalue weighted by molar-refractivity contribution is 9.13. The van der Waals surface area contributed by atoms with Crippen molar-refractivity contribution in [1.29, 1.82) is 0 Å². The number of carbonyl (C=O) groups excluding carboxylic acids is 1. The molecule has 0 bridgehead atoms. The molecule has 1 amide bonds. The summed E-state index contributed by atoms with van der Waals surface area (Å²) in [7, 11) is 0. The van der Waals surface area contributed by atoms with E-state index in [1.165, 1.54) is 0 Å². The third kappa shape index (κ3) is 4.28. The smallest absolute Gasteiger partial charge is 0.278 e. The predicted molar refractivity (Wildman–Crippen MR) is 107 cm³/mol. The Morgan fingerprint density at radius 2 is 2.00 bits per heavy atom. The number of H-pyrrole nitrogens is 1. The molecule has 3 rings (SSSR count). The van der Waals surface area contributed by atoms with E-state index in [1.54, 1.807) is 23.0 Å². The highest BCUT2D eigenvalue weighted by atomic mass is 79.9. The Hall–Kier alpha value is -0.870. The van der Waals surface area contributed by atoms with Gasteiger partial charge >= 0.3 is 0 Å². The average Bonchev–Trinajstić information content (AvgIpc) is 3.06. The van der Waals surface area contributed by atoms with E-state index in [4.69, 9.17) is 23.2 Å². The molecule has 3 aromatic rings. The second kappa shape index (κ2) is 7.79. The Kier molecular flexibility index (Phi) is 5.89. The largest absolute Gasteiger partial charge is 0.303 e. The number of aromatic nitrogens is 4. The van der Waals surface area contributed by atoms with E-state index >= 15 is 0 Å². The molecular formula is C14H8Br3Cl2N5O. The topological polar surface area (TPSA) is 75.6 Å². The number of benzene rings is 1. The summed E-state index contributed by atoms with van der Waals surface area (Å²) in [6.07, 6.45) is 1.76. The maximum absolute atomic E-state index is 12.3. The minimum absolute atomic E-state index is 0.220. The summed E-state index contributed by atoms with van der Waals surface area (Å²) in [5, 5.41) is 14.6. The van der Waals surface area contributed by atoms with Crippen LogP contribution in [0.15, 0.2) is 37.9 Å². The van der Waals surface area contributed by atoms with Crippen LogP contribution < -0.4 is 5.32 Å². The Morgan fingerprint density at radius 3 is 2.64 bits per heavy atom. The summed E-state index contributed by atoms with van der Waals surface area (Å²) >= 11 is 21.9. The van der Waals surface area contributed by atoms with Crippen LogP contribution in [0.25, 0.3) is 0 Å². The monoisotopic (exact) mass is 569 g/mol. The predicted octanol–water partition coefficient (Wildman–Crippen LogP) is 5.50. The molecule has 0 fully saturated rings. The Balaban J connectivity index is 1.77. The zero-order chi connectivity index (χ0) is 18.1. The third-order valence-corrected chi connectivity index (χ3v) is 6.36. The summed E-state index contributed by atoms with van der Waals surface area (Å²) < 4.78 is 3.44. The van der Waals surface area contributed by atoms with Crippen LogP contribution >= 0.6 is 71.0 Å². The molecule has 0 saturated heterocycles. The van der Waals surface area contributed by atoms with Gasteiger partial charge in [0.2, 0.25) is 0 Å². The molecule has 6 nitrogen and oxygen atoms in total. The molecule has 0 unspecified atom stereocenters. The van der Waals surface area contributed by atoms with E-state index in [-0.39, 0.29) is 5.69 Å². The molecule has 11 heteroatoms. The van der Waals surface area contributed by atoms with Crippen LogP contribution in [0.2, 0.25) is 10.0 Å². The normalized spacial score (nSPS) is 10.9. The lowest BCUT2D eigenvalue weighted by Gasteiger charge is -2.04. The number of rotatable bonds is 4. The summed E-state index contributed by atoms with van der Waals surface area (Å²) in [6, 6.07) is 5.36. The van der Waals surface area contributed by atoms with Crippen molar-refractivity contribution in [2.24, 2.45) is 0 Å². The maximum atomic E-state index is 12.3. The molecule has 0 saturated carbocycles. The fraction of sp³-hybridized carbons (Fsp3) is 0.0714. The third-order valence-electron chi connectivity index (χ3n) is 3.16. The molecule has 0 aliphatic carbocycles. The van der Waals surface area contributed by atoms with Crippen molar-refractivity contribution in [2.45, 2.75) is 6.54 Å². The van der Waals surface area contributed by atoms with Crippen molar-refractivity contribution >= 4 is 82.7 Å². The summed E-state index contributed by atoms with van der Waals surface area (Å²) in [5.41, 5.74) is 1.15. The molecule has 0 aliphatic rings. The minimum Gasteiger partial charge on any atom is -0.303 e. The van der Waals surface area contributed by atoms with E-state index < -0.39 is 5.91 Å². The molecule has 2 N–H and O–H groups in total. The van der Waals surface area contributed by atoms with E-state index in [1.807, 2.05) is 6.07 Å². The van der Waals surface area contributed by atoms with Gasteiger partial charge in [0, 0.05) is 6.20 Å². The van der Waals surface area contributed by atoms with Crippen molar-refractivity contribution in [3.8, 4) is 0 Å². The van der Waals surface area contributed by atoms with Crippen molar-refractivity contribution < 1.29 is 4.79 Å². The molecule has 0 spiro atoms. The van der Waals surface area contributed by atoms with Crippen LogP contribution in [0.4, 0.5) is 5.82 Å². The molecule has 2 aromatic heterocycles. The molecule has 0 atom stereocenters. The molecule has 130 valence electrons. The zero-order valence-electron chi connectivity index (χ0n) is 12.2. The van der Waals surface area contributed by atoms with E-state index in [0.29, 0.717) is 36.0 Å². The molecule has 2 heterocycles. The van der Waals surface area contributed by atoms with Crippen molar-refractivity contribution in [3.05, 3.63) is 59.2 Å². The zero-order valence-corrected chi connectivity index (χ0v) is 18.4. The SMILES string of the molecule is O=C(Nc1nn(Cc2ccc(Cl)c(Cl)c2)cc1Br)c1n[nH]c(Br)c1Br. The van der Waals surface area contributed by atoms with Gasteiger partial charge in [-0.3, -0.25) is 14.6 Å². The van der Waals surface area contributed by atoms with Gasteiger partial charge in [0.25, 0.3) is 5.91 Å². The van der Waals surface area contributed by atoms with Gasteiger partial charge in [-0.15, -0.1) is 0 Å². The summed E-state index contributed by atoms with van der Waals surface area (Å²) in [6.45, 7) is 0.475. The average molecular weight is 573 g/mol. The Morgan fingerprint density at radius 1 is 1.24 bits per heavy atom. The summed E-state index contributed by atoms with van der Waals surface area (Å²) in [5.74, 6) is -0.00889. The lowest BCUT2D eigenvalue weighted by molar-refractivity contribution is 0.102. The first kappa shape index (κ1) is 18.9. The Bertz CT molecular complexity index is 956. The van der Waals surface area contributed by atoms with Gasteiger partial charge in [-0.2, -0.15) is 10.2 Å². The van der Waals surface area contributed by atoms with Gasteiger partial charge in [-0.05, 0) is 65.5 Å². The minimum atomic E-state index is -0.394. The first-order chi connectivity index (χ1) is 11.8. The van der Waals surface area contributed by atoms with Gasteiger partial charge in [0.1, 0.15) is 4.60 Å².